The summed E-state index contributed by atoms with van der Waals surface area (Å²) in [5.74, 6) is -3.05. The molecule has 1 heterocycles. The third-order valence-corrected chi connectivity index (χ3v) is 2.63. The van der Waals surface area contributed by atoms with Crippen molar-refractivity contribution in [3.8, 4) is 0 Å². The predicted molar refractivity (Wildman–Crippen MR) is 61.9 cm³/mol. The van der Waals surface area contributed by atoms with Gasteiger partial charge in [0.1, 0.15) is 5.69 Å². The number of carboxylic acids is 1. The third kappa shape index (κ3) is 2.51. The van der Waals surface area contributed by atoms with E-state index >= 15 is 0 Å². The Balaban J connectivity index is 2.33. The quantitative estimate of drug-likeness (QED) is 0.932. The highest BCUT2D eigenvalue weighted by molar-refractivity contribution is 6.30. The van der Waals surface area contributed by atoms with Crippen LogP contribution in [0, 0.1) is 11.6 Å². The average molecular weight is 272 g/mol. The number of aromatic nitrogens is 1. The molecule has 0 aliphatic rings. The number of benzene rings is 1. The molecule has 1 aromatic carbocycles. The third-order valence-electron chi connectivity index (χ3n) is 2.42. The van der Waals surface area contributed by atoms with Crippen LogP contribution in [0.4, 0.5) is 8.78 Å². The van der Waals surface area contributed by atoms with Crippen LogP contribution in [0.25, 0.3) is 0 Å². The smallest absolute Gasteiger partial charge is 0.352 e. The van der Waals surface area contributed by atoms with Gasteiger partial charge in [0, 0.05) is 12.7 Å². The Kier molecular flexibility index (Phi) is 3.34. The number of hydrogen-bond donors (Lipinski definition) is 1. The lowest BCUT2D eigenvalue weighted by molar-refractivity contribution is 0.0685. The molecule has 0 radical (unpaired) electrons. The first-order valence-electron chi connectivity index (χ1n) is 5.00. The standard InChI is InChI=1S/C12H8ClF2NO2/c13-8-4-11(12(17)18)16(6-8)5-7-1-2-9(14)10(15)3-7/h1-4,6H,5H2,(H,17,18). The fraction of sp³-hybridized carbons (Fsp3) is 0.0833. The van der Waals surface area contributed by atoms with Gasteiger partial charge in [-0.25, -0.2) is 13.6 Å². The van der Waals surface area contributed by atoms with Gasteiger partial charge in [0.15, 0.2) is 11.6 Å². The van der Waals surface area contributed by atoms with Crippen LogP contribution >= 0.6 is 11.6 Å². The number of carbonyl (C=O) groups is 1. The highest BCUT2D eigenvalue weighted by atomic mass is 35.5. The van der Waals surface area contributed by atoms with E-state index in [-0.39, 0.29) is 17.3 Å². The molecule has 1 aromatic heterocycles. The van der Waals surface area contributed by atoms with Crippen molar-refractivity contribution in [3.63, 3.8) is 0 Å². The molecule has 1 N–H and O–H groups in total. The van der Waals surface area contributed by atoms with Crippen LogP contribution in [-0.2, 0) is 6.54 Å². The van der Waals surface area contributed by atoms with Gasteiger partial charge in [-0.05, 0) is 23.8 Å². The first kappa shape index (κ1) is 12.6. The number of nitrogens with zero attached hydrogens (tertiary/aromatic N) is 1. The van der Waals surface area contributed by atoms with Crippen molar-refractivity contribution >= 4 is 17.6 Å². The second-order valence-corrected chi connectivity index (χ2v) is 4.16. The molecule has 2 rings (SSSR count). The van der Waals surface area contributed by atoms with Crippen LogP contribution in [0.5, 0.6) is 0 Å². The molecule has 0 spiro atoms. The molecule has 0 fully saturated rings. The van der Waals surface area contributed by atoms with Gasteiger partial charge in [-0.2, -0.15) is 0 Å². The number of halogens is 3. The van der Waals surface area contributed by atoms with Crippen LogP contribution in [0.1, 0.15) is 16.1 Å². The lowest BCUT2D eigenvalue weighted by Gasteiger charge is -2.06. The van der Waals surface area contributed by atoms with Gasteiger partial charge in [0.2, 0.25) is 0 Å². The van der Waals surface area contributed by atoms with Crippen molar-refractivity contribution in [1.29, 1.82) is 0 Å². The number of hydrogen-bond acceptors (Lipinski definition) is 1. The summed E-state index contributed by atoms with van der Waals surface area (Å²) in [5.41, 5.74) is 0.438. The Morgan fingerprint density at radius 3 is 2.61 bits per heavy atom. The van der Waals surface area contributed by atoms with Crippen molar-refractivity contribution in [2.24, 2.45) is 0 Å². The maximum absolute atomic E-state index is 13.0. The van der Waals surface area contributed by atoms with Gasteiger partial charge in [0.25, 0.3) is 0 Å². The minimum absolute atomic E-state index is 0.00951. The number of aromatic carboxylic acids is 1. The fourth-order valence-corrected chi connectivity index (χ4v) is 1.84. The summed E-state index contributed by atoms with van der Waals surface area (Å²) in [6, 6.07) is 4.70. The molecule has 0 unspecified atom stereocenters. The molecule has 0 amide bonds. The van der Waals surface area contributed by atoms with Crippen molar-refractivity contribution in [1.82, 2.24) is 4.57 Å². The fourth-order valence-electron chi connectivity index (χ4n) is 1.62. The molecule has 0 aliphatic carbocycles. The molecule has 6 heteroatoms. The molecular weight excluding hydrogens is 264 g/mol. The van der Waals surface area contributed by atoms with E-state index in [2.05, 4.69) is 0 Å². The van der Waals surface area contributed by atoms with Crippen LogP contribution in [0.15, 0.2) is 30.5 Å². The summed E-state index contributed by atoms with van der Waals surface area (Å²) in [6.45, 7) is 0.103. The lowest BCUT2D eigenvalue weighted by Crippen LogP contribution is -2.08. The van der Waals surface area contributed by atoms with Gasteiger partial charge in [-0.15, -0.1) is 0 Å². The SMILES string of the molecule is O=C(O)c1cc(Cl)cn1Cc1ccc(F)c(F)c1. The molecule has 2 aromatic rings. The summed E-state index contributed by atoms with van der Waals surface area (Å²) in [7, 11) is 0. The first-order chi connectivity index (χ1) is 8.47. The molecule has 3 nitrogen and oxygen atoms in total. The van der Waals surface area contributed by atoms with E-state index in [0.29, 0.717) is 5.56 Å². The molecule has 0 saturated carbocycles. The monoisotopic (exact) mass is 271 g/mol. The number of carboxylic acid groups (broad SMARTS) is 1. The highest BCUT2D eigenvalue weighted by Crippen LogP contribution is 2.17. The Labute approximate surface area is 106 Å². The van der Waals surface area contributed by atoms with Crippen molar-refractivity contribution in [2.75, 3.05) is 0 Å². The zero-order chi connectivity index (χ0) is 13.3. The van der Waals surface area contributed by atoms with Gasteiger partial charge >= 0.3 is 5.97 Å². The second-order valence-electron chi connectivity index (χ2n) is 3.73. The summed E-state index contributed by atoms with van der Waals surface area (Å²) < 4.78 is 27.1. The zero-order valence-electron chi connectivity index (χ0n) is 9.03. The topological polar surface area (TPSA) is 42.2 Å². The minimum Gasteiger partial charge on any atom is -0.477 e. The lowest BCUT2D eigenvalue weighted by atomic mass is 10.2. The largest absolute Gasteiger partial charge is 0.477 e. The van der Waals surface area contributed by atoms with Crippen LogP contribution < -0.4 is 0 Å². The van der Waals surface area contributed by atoms with Gasteiger partial charge < -0.3 is 9.67 Å². The van der Waals surface area contributed by atoms with Crippen molar-refractivity contribution in [3.05, 3.63) is 58.4 Å². The molecule has 0 aliphatic heterocycles. The summed E-state index contributed by atoms with van der Waals surface area (Å²) in [6.07, 6.45) is 1.42. The van der Waals surface area contributed by atoms with E-state index in [4.69, 9.17) is 16.7 Å². The summed E-state index contributed by atoms with van der Waals surface area (Å²) >= 11 is 5.71. The second kappa shape index (κ2) is 4.78. The zero-order valence-corrected chi connectivity index (χ0v) is 9.79. The Bertz CT molecular complexity index is 610. The summed E-state index contributed by atoms with van der Waals surface area (Å²) in [5, 5.41) is 9.22. The molecule has 18 heavy (non-hydrogen) atoms. The average Bonchev–Trinajstić information content (AvgIpc) is 2.65. The molecule has 0 atom stereocenters. The van der Waals surface area contributed by atoms with Crippen LogP contribution in [-0.4, -0.2) is 15.6 Å². The molecular formula is C12H8ClF2NO2. The van der Waals surface area contributed by atoms with Crippen molar-refractivity contribution < 1.29 is 18.7 Å². The minimum atomic E-state index is -1.13. The van der Waals surface area contributed by atoms with E-state index in [1.54, 1.807) is 0 Å². The van der Waals surface area contributed by atoms with Crippen LogP contribution in [0.2, 0.25) is 5.02 Å². The number of rotatable bonds is 3. The molecule has 94 valence electrons. The predicted octanol–water partition coefficient (Wildman–Crippen LogP) is 3.17. The van der Waals surface area contributed by atoms with E-state index < -0.39 is 17.6 Å². The highest BCUT2D eigenvalue weighted by Gasteiger charge is 2.12. The molecule has 0 saturated heterocycles. The normalized spacial score (nSPS) is 10.6. The summed E-state index contributed by atoms with van der Waals surface area (Å²) in [4.78, 5) is 10.9. The van der Waals surface area contributed by atoms with Gasteiger partial charge in [-0.1, -0.05) is 17.7 Å². The maximum Gasteiger partial charge on any atom is 0.352 e. The van der Waals surface area contributed by atoms with E-state index in [1.807, 2.05) is 0 Å². The van der Waals surface area contributed by atoms with E-state index in [9.17, 15) is 13.6 Å². The van der Waals surface area contributed by atoms with Crippen LogP contribution in [0.3, 0.4) is 0 Å². The Morgan fingerprint density at radius 2 is 2.00 bits per heavy atom. The van der Waals surface area contributed by atoms with E-state index in [0.717, 1.165) is 12.1 Å². The Morgan fingerprint density at radius 1 is 1.28 bits per heavy atom. The maximum atomic E-state index is 13.0. The Hall–Kier alpha value is -1.88. The van der Waals surface area contributed by atoms with Gasteiger partial charge in [-0.3, -0.25) is 0 Å². The van der Waals surface area contributed by atoms with Crippen molar-refractivity contribution in [2.45, 2.75) is 6.54 Å². The first-order valence-corrected chi connectivity index (χ1v) is 5.38. The van der Waals surface area contributed by atoms with E-state index in [1.165, 1.54) is 22.9 Å². The van der Waals surface area contributed by atoms with Gasteiger partial charge in [0.05, 0.1) is 5.02 Å². The molecule has 0 bridgehead atoms.